The van der Waals surface area contributed by atoms with Crippen molar-refractivity contribution in [2.24, 2.45) is 0 Å². The van der Waals surface area contributed by atoms with E-state index in [0.717, 1.165) is 34.2 Å². The molecule has 0 spiro atoms. The number of aromatic nitrogens is 6. The molecule has 246 valence electrons. The molecule has 6 rings (SSSR count). The molecule has 0 aliphatic heterocycles. The summed E-state index contributed by atoms with van der Waals surface area (Å²) in [5.74, 6) is 0. The molecule has 0 bridgehead atoms. The van der Waals surface area contributed by atoms with E-state index in [-0.39, 0.29) is 17.1 Å². The van der Waals surface area contributed by atoms with E-state index in [1.807, 2.05) is 109 Å². The Hall–Kier alpha value is -4.32. The van der Waals surface area contributed by atoms with E-state index in [2.05, 4.69) is 29.9 Å². The van der Waals surface area contributed by atoms with E-state index in [9.17, 15) is 0 Å². The SMILES string of the molecule is [Fe].[O-][Cl+3]([O-])([O-])O.[O-][Cl+3]([O-])([O-])O.c1ccc(-c2ccccn2)nc1.c1ccc(-c2ccccn2)nc1.c1ccc(-c2ccccn2)nc1. The first kappa shape index (κ1) is 40.7. The molecule has 17 heteroatoms. The van der Waals surface area contributed by atoms with Gasteiger partial charge in [-0.1, -0.05) is 36.4 Å². The Morgan fingerprint density at radius 2 is 0.447 bits per heavy atom. The van der Waals surface area contributed by atoms with Gasteiger partial charge in [0.1, 0.15) is 0 Å². The van der Waals surface area contributed by atoms with Crippen LogP contribution in [0.4, 0.5) is 0 Å². The van der Waals surface area contributed by atoms with Gasteiger partial charge in [-0.05, 0) is 72.8 Å². The molecule has 0 aliphatic carbocycles. The second-order valence-electron chi connectivity index (χ2n) is 8.08. The van der Waals surface area contributed by atoms with Crippen molar-refractivity contribution >= 4 is 0 Å². The summed E-state index contributed by atoms with van der Waals surface area (Å²) in [6.45, 7) is 0. The van der Waals surface area contributed by atoms with Gasteiger partial charge in [0, 0.05) is 54.2 Å². The molecule has 2 N–H and O–H groups in total. The maximum absolute atomic E-state index is 8.60. The molecule has 0 saturated carbocycles. The monoisotopic (exact) mass is 724 g/mol. The molecule has 0 fully saturated rings. The molecule has 6 heterocycles. The predicted molar refractivity (Wildman–Crippen MR) is 147 cm³/mol. The third kappa shape index (κ3) is 21.2. The number of pyridine rings is 6. The van der Waals surface area contributed by atoms with E-state index in [1.54, 1.807) is 37.2 Å². The minimum absolute atomic E-state index is 0. The summed E-state index contributed by atoms with van der Waals surface area (Å²) in [6, 6.07) is 34.8. The van der Waals surface area contributed by atoms with E-state index in [1.165, 1.54) is 0 Å². The summed E-state index contributed by atoms with van der Waals surface area (Å²) in [5, 5.41) is 0. The molecule has 6 aromatic heterocycles. The Bertz CT molecular complexity index is 1300. The quantitative estimate of drug-likeness (QED) is 0.191. The molecule has 0 atom stereocenters. The number of hydrogen-bond donors (Lipinski definition) is 2. The number of nitrogens with zero attached hydrogens (tertiary/aromatic N) is 6. The summed E-state index contributed by atoms with van der Waals surface area (Å²) in [7, 11) is -9.39. The van der Waals surface area contributed by atoms with Crippen molar-refractivity contribution in [1.82, 2.24) is 29.9 Å². The third-order valence-corrected chi connectivity index (χ3v) is 4.78. The fourth-order valence-electron chi connectivity index (χ4n) is 3.09. The van der Waals surface area contributed by atoms with Crippen LogP contribution in [0.1, 0.15) is 0 Å². The average molecular weight is 725 g/mol. The van der Waals surface area contributed by atoms with E-state index in [0.29, 0.717) is 0 Å². The average Bonchev–Trinajstić information content (AvgIpc) is 3.06. The van der Waals surface area contributed by atoms with Crippen LogP contribution in [0.15, 0.2) is 146 Å². The Kier molecular flexibility index (Phi) is 19.3. The zero-order valence-corrected chi connectivity index (χ0v) is 26.6. The van der Waals surface area contributed by atoms with Gasteiger partial charge in [0.25, 0.3) is 0 Å². The van der Waals surface area contributed by atoms with Crippen molar-refractivity contribution in [3.05, 3.63) is 146 Å². The van der Waals surface area contributed by atoms with Gasteiger partial charge < -0.3 is 0 Å². The minimum atomic E-state index is -4.69. The Morgan fingerprint density at radius 1 is 0.319 bits per heavy atom. The van der Waals surface area contributed by atoms with Crippen LogP contribution in [0.25, 0.3) is 34.2 Å². The van der Waals surface area contributed by atoms with Gasteiger partial charge in [-0.25, -0.2) is 0 Å². The molecule has 0 amide bonds. The predicted octanol–water partition coefficient (Wildman–Crippen LogP) is -1.82. The van der Waals surface area contributed by atoms with Crippen molar-refractivity contribution < 1.29 is 74.8 Å². The maximum atomic E-state index is 8.60. The zero-order valence-electron chi connectivity index (χ0n) is 24.0. The van der Waals surface area contributed by atoms with Crippen LogP contribution in [-0.2, 0) is 17.1 Å². The third-order valence-electron chi connectivity index (χ3n) is 4.78. The molecule has 6 aromatic rings. The topological polar surface area (TPSA) is 256 Å². The van der Waals surface area contributed by atoms with Crippen LogP contribution in [0.3, 0.4) is 0 Å². The largest absolute Gasteiger partial charge is 0.255 e. The van der Waals surface area contributed by atoms with Crippen LogP contribution in [0.2, 0.25) is 0 Å². The maximum Gasteiger partial charge on any atom is 0.0886 e. The van der Waals surface area contributed by atoms with E-state index < -0.39 is 20.5 Å². The van der Waals surface area contributed by atoms with Crippen molar-refractivity contribution in [1.29, 1.82) is 0 Å². The second kappa shape index (κ2) is 22.2. The van der Waals surface area contributed by atoms with Crippen LogP contribution >= 0.6 is 0 Å². The molecule has 0 aromatic carbocycles. The molecule has 14 nitrogen and oxygen atoms in total. The first-order chi connectivity index (χ1) is 21.9. The van der Waals surface area contributed by atoms with Gasteiger partial charge >= 0.3 is 0 Å². The van der Waals surface area contributed by atoms with Crippen molar-refractivity contribution in [2.75, 3.05) is 0 Å². The van der Waals surface area contributed by atoms with Gasteiger partial charge in [-0.3, -0.25) is 29.9 Å². The fourth-order valence-corrected chi connectivity index (χ4v) is 3.09. The number of hydrogen-bond acceptors (Lipinski definition) is 14. The Balaban J connectivity index is 0.000000307. The summed E-state index contributed by atoms with van der Waals surface area (Å²) in [4.78, 5) is 25.1. The Morgan fingerprint density at radius 3 is 0.532 bits per heavy atom. The van der Waals surface area contributed by atoms with E-state index in [4.69, 9.17) is 37.3 Å². The van der Waals surface area contributed by atoms with Gasteiger partial charge in [0.05, 0.1) is 64.0 Å². The van der Waals surface area contributed by atoms with Crippen LogP contribution in [0, 0.1) is 20.5 Å². The molecule has 47 heavy (non-hydrogen) atoms. The van der Waals surface area contributed by atoms with Gasteiger partial charge in [0.15, 0.2) is 0 Å². The molecule has 0 radical (unpaired) electrons. The summed E-state index contributed by atoms with van der Waals surface area (Å²) in [6.07, 6.45) is 10.6. The minimum Gasteiger partial charge on any atom is -0.255 e. The first-order valence-electron chi connectivity index (χ1n) is 12.6. The van der Waals surface area contributed by atoms with Crippen molar-refractivity contribution in [3.63, 3.8) is 0 Å². The molecule has 0 saturated heterocycles. The first-order valence-corrected chi connectivity index (χ1v) is 15.2. The number of halogens is 2. The standard InChI is InChI=1S/3C10H8N2.2ClHO4.Fe/c3*1-3-7-11-9(5-1)10-6-2-4-8-12-10;2*2-1(3,4)5;/h3*1-8H;2*(H,2,3,4,5);. The second-order valence-corrected chi connectivity index (χ2v) is 9.67. The summed E-state index contributed by atoms with van der Waals surface area (Å²) >= 11 is 0. The normalized spacial score (nSPS) is 9.96. The molecular formula is C30H26Cl2FeN6O8. The number of rotatable bonds is 3. The van der Waals surface area contributed by atoms with Crippen LogP contribution < -0.4 is 28.0 Å². The van der Waals surface area contributed by atoms with Gasteiger partial charge in [-0.2, -0.15) is 28.0 Å². The molecule has 0 aliphatic rings. The molecule has 0 unspecified atom stereocenters. The van der Waals surface area contributed by atoms with Crippen LogP contribution in [-0.4, -0.2) is 39.2 Å². The Labute approximate surface area is 284 Å². The van der Waals surface area contributed by atoms with Gasteiger partial charge in [-0.15, -0.1) is 0 Å². The van der Waals surface area contributed by atoms with Crippen LogP contribution in [0.5, 0.6) is 0 Å². The van der Waals surface area contributed by atoms with Crippen molar-refractivity contribution in [2.45, 2.75) is 0 Å². The zero-order chi connectivity index (χ0) is 33.7. The summed E-state index contributed by atoms with van der Waals surface area (Å²) in [5.41, 5.74) is 5.49. The fraction of sp³-hybridized carbons (Fsp3) is 0. The van der Waals surface area contributed by atoms with Gasteiger partial charge in [0.2, 0.25) is 0 Å². The van der Waals surface area contributed by atoms with Crippen molar-refractivity contribution in [3.8, 4) is 34.2 Å². The smallest absolute Gasteiger partial charge is 0.0886 e. The molecular weight excluding hydrogens is 699 g/mol. The summed E-state index contributed by atoms with van der Waals surface area (Å²) < 4.78 is 65.4. The van der Waals surface area contributed by atoms with E-state index >= 15 is 0 Å².